The van der Waals surface area contributed by atoms with Crippen molar-refractivity contribution in [1.82, 2.24) is 24.3 Å². The van der Waals surface area contributed by atoms with Gasteiger partial charge in [0.25, 0.3) is 0 Å². The van der Waals surface area contributed by atoms with E-state index in [1.54, 1.807) is 27.4 Å². The van der Waals surface area contributed by atoms with Crippen molar-refractivity contribution in [2.75, 3.05) is 19.3 Å². The molecule has 4 rings (SSSR count). The van der Waals surface area contributed by atoms with E-state index in [-0.39, 0.29) is 12.1 Å². The molecule has 4 heterocycles. The molecule has 162 valence electrons. The monoisotopic (exact) mass is 438 g/mol. The quantitative estimate of drug-likeness (QED) is 0.565. The molecule has 0 aromatic carbocycles. The van der Waals surface area contributed by atoms with Crippen LogP contribution in [0.4, 0.5) is 4.79 Å². The Morgan fingerprint density at radius 3 is 2.58 bits per heavy atom. The van der Waals surface area contributed by atoms with Crippen LogP contribution in [0.3, 0.4) is 0 Å². The summed E-state index contributed by atoms with van der Waals surface area (Å²) in [6, 6.07) is 4.52. The van der Waals surface area contributed by atoms with Gasteiger partial charge in [-0.05, 0) is 45.9 Å². The van der Waals surface area contributed by atoms with Crippen molar-refractivity contribution in [2.45, 2.75) is 50.2 Å². The molecule has 3 aromatic rings. The maximum atomic E-state index is 12.3. The van der Waals surface area contributed by atoms with Crippen LogP contribution in [0.15, 0.2) is 35.7 Å². The average Bonchev–Trinajstić information content (AvgIpc) is 3.39. The molecule has 0 saturated carbocycles. The van der Waals surface area contributed by atoms with Crippen LogP contribution in [-0.4, -0.2) is 55.3 Å². The van der Waals surface area contributed by atoms with Crippen molar-refractivity contribution >= 4 is 23.4 Å². The summed E-state index contributed by atoms with van der Waals surface area (Å²) in [6.45, 7) is 6.95. The van der Waals surface area contributed by atoms with Crippen molar-refractivity contribution in [1.29, 1.82) is 5.26 Å². The summed E-state index contributed by atoms with van der Waals surface area (Å²) in [5, 5.41) is 18.3. The highest BCUT2D eigenvalue weighted by molar-refractivity contribution is 7.98. The third kappa shape index (κ3) is 4.39. The van der Waals surface area contributed by atoms with Gasteiger partial charge in [-0.1, -0.05) is 0 Å². The zero-order valence-electron chi connectivity index (χ0n) is 18.2. The Kier molecular flexibility index (Phi) is 5.67. The van der Waals surface area contributed by atoms with Gasteiger partial charge in [0, 0.05) is 41.5 Å². The summed E-state index contributed by atoms with van der Waals surface area (Å²) in [7, 11) is 0. The maximum absolute atomic E-state index is 12.3. The summed E-state index contributed by atoms with van der Waals surface area (Å²) < 4.78 is 9.24. The lowest BCUT2D eigenvalue weighted by Crippen LogP contribution is -2.42. The van der Waals surface area contributed by atoms with E-state index in [0.29, 0.717) is 18.7 Å². The van der Waals surface area contributed by atoms with Gasteiger partial charge in [0.15, 0.2) is 0 Å². The standard InChI is InChI=1S/C22H26N6O2S/c1-22(2,3)30-21(29)26-7-5-18(6-8-26)27-14-17(12-24-27)15-9-19(31-4)20-16(10-23)11-25-28(20)13-15/h9,11-14,18H,5-8H2,1-4H3. The third-order valence-electron chi connectivity index (χ3n) is 5.34. The van der Waals surface area contributed by atoms with E-state index >= 15 is 0 Å². The molecule has 3 aromatic heterocycles. The molecular formula is C22H26N6O2S. The van der Waals surface area contributed by atoms with Crippen molar-refractivity contribution in [3.8, 4) is 17.2 Å². The molecule has 31 heavy (non-hydrogen) atoms. The highest BCUT2D eigenvalue weighted by Gasteiger charge is 2.28. The number of likely N-dealkylation sites (tertiary alicyclic amines) is 1. The fourth-order valence-electron chi connectivity index (χ4n) is 3.81. The lowest BCUT2D eigenvalue weighted by atomic mass is 10.1. The number of hydrogen-bond donors (Lipinski definition) is 0. The van der Waals surface area contributed by atoms with Gasteiger partial charge < -0.3 is 9.64 Å². The van der Waals surface area contributed by atoms with E-state index in [1.165, 1.54) is 0 Å². The fourth-order valence-corrected chi connectivity index (χ4v) is 4.45. The van der Waals surface area contributed by atoms with Crippen LogP contribution in [0.2, 0.25) is 0 Å². The number of amides is 1. The van der Waals surface area contributed by atoms with Gasteiger partial charge in [-0.15, -0.1) is 11.8 Å². The van der Waals surface area contributed by atoms with E-state index < -0.39 is 5.60 Å². The number of piperidine rings is 1. The van der Waals surface area contributed by atoms with Crippen LogP contribution in [-0.2, 0) is 4.74 Å². The summed E-state index contributed by atoms with van der Waals surface area (Å²) in [5.74, 6) is 0. The molecule has 0 radical (unpaired) electrons. The first kappa shape index (κ1) is 21.2. The van der Waals surface area contributed by atoms with Crippen molar-refractivity contribution in [3.63, 3.8) is 0 Å². The normalized spacial score (nSPS) is 15.3. The number of hydrogen-bond acceptors (Lipinski definition) is 6. The van der Waals surface area contributed by atoms with Crippen molar-refractivity contribution < 1.29 is 9.53 Å². The van der Waals surface area contributed by atoms with Gasteiger partial charge in [-0.3, -0.25) is 4.68 Å². The first-order valence-electron chi connectivity index (χ1n) is 10.3. The largest absolute Gasteiger partial charge is 0.444 e. The smallest absolute Gasteiger partial charge is 0.410 e. The van der Waals surface area contributed by atoms with Gasteiger partial charge in [0.2, 0.25) is 0 Å². The highest BCUT2D eigenvalue weighted by atomic mass is 32.2. The van der Waals surface area contributed by atoms with Crippen LogP contribution < -0.4 is 0 Å². The fraction of sp³-hybridized carbons (Fsp3) is 0.455. The SMILES string of the molecule is CSc1cc(-c2cnn(C3CCN(C(=O)OC(C)(C)C)CC3)c2)cn2ncc(C#N)c12. The molecule has 1 saturated heterocycles. The molecule has 1 aliphatic rings. The minimum absolute atomic E-state index is 0.242. The zero-order valence-corrected chi connectivity index (χ0v) is 19.0. The Labute approximate surface area is 185 Å². The number of thioether (sulfide) groups is 1. The maximum Gasteiger partial charge on any atom is 0.410 e. The molecule has 1 aliphatic heterocycles. The van der Waals surface area contributed by atoms with Crippen LogP contribution in [0.25, 0.3) is 16.6 Å². The predicted octanol–water partition coefficient (Wildman–Crippen LogP) is 4.36. The molecule has 0 spiro atoms. The Balaban J connectivity index is 1.50. The summed E-state index contributed by atoms with van der Waals surface area (Å²) >= 11 is 1.59. The van der Waals surface area contributed by atoms with E-state index in [1.807, 2.05) is 50.3 Å². The van der Waals surface area contributed by atoms with Gasteiger partial charge >= 0.3 is 6.09 Å². The van der Waals surface area contributed by atoms with Crippen LogP contribution >= 0.6 is 11.8 Å². The predicted molar refractivity (Wildman–Crippen MR) is 119 cm³/mol. The molecule has 1 amide bonds. The van der Waals surface area contributed by atoms with Gasteiger partial charge in [-0.25, -0.2) is 9.31 Å². The first-order chi connectivity index (χ1) is 14.8. The Hall–Kier alpha value is -2.99. The van der Waals surface area contributed by atoms with Gasteiger partial charge in [0.05, 0.1) is 29.5 Å². The second-order valence-electron chi connectivity index (χ2n) is 8.67. The number of nitrogens with zero attached hydrogens (tertiary/aromatic N) is 6. The second-order valence-corrected chi connectivity index (χ2v) is 9.52. The van der Waals surface area contributed by atoms with E-state index in [9.17, 15) is 10.1 Å². The van der Waals surface area contributed by atoms with Crippen LogP contribution in [0.5, 0.6) is 0 Å². The topological polar surface area (TPSA) is 88.4 Å². The molecule has 0 bridgehead atoms. The van der Waals surface area contributed by atoms with Crippen LogP contribution in [0, 0.1) is 11.3 Å². The molecule has 1 fully saturated rings. The minimum Gasteiger partial charge on any atom is -0.444 e. The van der Waals surface area contributed by atoms with Gasteiger partial charge in [-0.2, -0.15) is 15.5 Å². The highest BCUT2D eigenvalue weighted by Crippen LogP contribution is 2.31. The molecule has 9 heteroatoms. The number of pyridine rings is 1. The lowest BCUT2D eigenvalue weighted by molar-refractivity contribution is 0.0185. The second kappa shape index (κ2) is 8.27. The molecule has 8 nitrogen and oxygen atoms in total. The first-order valence-corrected chi connectivity index (χ1v) is 11.5. The number of aromatic nitrogens is 4. The number of fused-ring (bicyclic) bond motifs is 1. The van der Waals surface area contributed by atoms with Crippen LogP contribution in [0.1, 0.15) is 45.2 Å². The van der Waals surface area contributed by atoms with Crippen molar-refractivity contribution in [2.24, 2.45) is 0 Å². The van der Waals surface area contributed by atoms with Crippen molar-refractivity contribution in [3.05, 3.63) is 36.4 Å². The summed E-state index contributed by atoms with van der Waals surface area (Å²) in [5.41, 5.74) is 2.93. The molecule has 0 unspecified atom stereocenters. The zero-order chi connectivity index (χ0) is 22.2. The molecular weight excluding hydrogens is 412 g/mol. The number of carbonyl (C=O) groups is 1. The number of carbonyl (C=O) groups excluding carboxylic acids is 1. The molecule has 0 atom stereocenters. The van der Waals surface area contributed by atoms with E-state index in [2.05, 4.69) is 22.3 Å². The number of nitriles is 1. The third-order valence-corrected chi connectivity index (χ3v) is 6.09. The Morgan fingerprint density at radius 1 is 1.19 bits per heavy atom. The van der Waals surface area contributed by atoms with E-state index in [0.717, 1.165) is 34.4 Å². The average molecular weight is 439 g/mol. The minimum atomic E-state index is -0.482. The number of rotatable bonds is 3. The Morgan fingerprint density at radius 2 is 1.94 bits per heavy atom. The summed E-state index contributed by atoms with van der Waals surface area (Å²) in [6.07, 6.45) is 10.9. The van der Waals surface area contributed by atoms with E-state index in [4.69, 9.17) is 4.74 Å². The molecule has 0 N–H and O–H groups in total. The summed E-state index contributed by atoms with van der Waals surface area (Å²) in [4.78, 5) is 15.1. The van der Waals surface area contributed by atoms with Gasteiger partial charge in [0.1, 0.15) is 11.7 Å². The Bertz CT molecular complexity index is 1150. The molecule has 0 aliphatic carbocycles. The lowest BCUT2D eigenvalue weighted by Gasteiger charge is -2.33. The number of ether oxygens (including phenoxy) is 1.